The van der Waals surface area contributed by atoms with Crippen LogP contribution >= 0.6 is 11.3 Å². The zero-order valence-corrected chi connectivity index (χ0v) is 16.3. The van der Waals surface area contributed by atoms with E-state index in [0.717, 1.165) is 16.3 Å². The normalized spacial score (nSPS) is 10.4. The van der Waals surface area contributed by atoms with Gasteiger partial charge in [0.15, 0.2) is 12.4 Å². The molecular weight excluding hydrogens is 378 g/mol. The molecule has 0 N–H and O–H groups in total. The summed E-state index contributed by atoms with van der Waals surface area (Å²) in [6.07, 6.45) is 0. The first kappa shape index (κ1) is 19.6. The molecule has 0 unspecified atom stereocenters. The van der Waals surface area contributed by atoms with Crippen LogP contribution in [-0.4, -0.2) is 30.5 Å². The first-order valence-electron chi connectivity index (χ1n) is 8.53. The molecule has 0 amide bonds. The number of nitrogens with zero attached hydrogens (tertiary/aromatic N) is 1. The predicted octanol–water partition coefficient (Wildman–Crippen LogP) is 4.14. The summed E-state index contributed by atoms with van der Waals surface area (Å²) in [5.74, 6) is 0.735. The summed E-state index contributed by atoms with van der Waals surface area (Å²) in [7, 11) is 1.62. The van der Waals surface area contributed by atoms with Crippen molar-refractivity contribution < 1.29 is 23.8 Å². The number of esters is 1. The number of carbonyl (C=O) groups excluding carboxylic acids is 2. The van der Waals surface area contributed by atoms with Crippen molar-refractivity contribution in [1.29, 1.82) is 0 Å². The highest BCUT2D eigenvalue weighted by Gasteiger charge is 2.10. The van der Waals surface area contributed by atoms with E-state index in [4.69, 9.17) is 14.2 Å². The Kier molecular flexibility index (Phi) is 6.39. The summed E-state index contributed by atoms with van der Waals surface area (Å²) in [5.41, 5.74) is 2.20. The van der Waals surface area contributed by atoms with Crippen molar-refractivity contribution in [3.63, 3.8) is 0 Å². The second kappa shape index (κ2) is 9.14. The number of carbonyl (C=O) groups is 2. The Hall–Kier alpha value is -3.19. The number of thiazole rings is 1. The van der Waals surface area contributed by atoms with Gasteiger partial charge in [0.1, 0.15) is 23.1 Å². The van der Waals surface area contributed by atoms with Gasteiger partial charge in [-0.15, -0.1) is 11.3 Å². The number of hydrogen-bond acceptors (Lipinski definition) is 7. The first-order chi connectivity index (χ1) is 13.5. The molecule has 0 bridgehead atoms. The smallest absolute Gasteiger partial charge is 0.344 e. The minimum Gasteiger partial charge on any atom is -0.497 e. The number of methoxy groups -OCH3 is 1. The molecule has 0 spiro atoms. The third-order valence-electron chi connectivity index (χ3n) is 3.87. The maximum atomic E-state index is 11.9. The topological polar surface area (TPSA) is 74.7 Å². The molecule has 3 rings (SSSR count). The molecule has 2 aromatic carbocycles. The van der Waals surface area contributed by atoms with Gasteiger partial charge in [-0.2, -0.15) is 0 Å². The highest BCUT2D eigenvalue weighted by atomic mass is 32.1. The van der Waals surface area contributed by atoms with Crippen molar-refractivity contribution in [3.8, 4) is 22.1 Å². The number of ether oxygens (including phenoxy) is 3. The second-order valence-electron chi connectivity index (χ2n) is 5.91. The van der Waals surface area contributed by atoms with Crippen molar-refractivity contribution in [3.05, 3.63) is 65.2 Å². The fraction of sp³-hybridized carbons (Fsp3) is 0.190. The monoisotopic (exact) mass is 397 g/mol. The van der Waals surface area contributed by atoms with Crippen LogP contribution in [0.25, 0.3) is 10.6 Å². The van der Waals surface area contributed by atoms with Crippen LogP contribution in [0.2, 0.25) is 0 Å². The molecule has 0 fully saturated rings. The zero-order chi connectivity index (χ0) is 19.9. The van der Waals surface area contributed by atoms with E-state index < -0.39 is 5.97 Å². The van der Waals surface area contributed by atoms with E-state index in [1.807, 2.05) is 29.6 Å². The molecular formula is C21H19NO5S. The standard InChI is InChI=1S/C21H19NO5S/c1-14(23)15-6-8-18(9-7-15)26-12-20(24)27-11-17-13-28-21(22-17)16-4-3-5-19(10-16)25-2/h3-10,13H,11-12H2,1-2H3. The van der Waals surface area contributed by atoms with E-state index in [2.05, 4.69) is 4.98 Å². The SMILES string of the molecule is COc1cccc(-c2nc(COC(=O)COc3ccc(C(C)=O)cc3)cs2)c1. The van der Waals surface area contributed by atoms with E-state index in [1.165, 1.54) is 18.3 Å². The molecule has 1 aromatic heterocycles. The summed E-state index contributed by atoms with van der Waals surface area (Å²) >= 11 is 1.47. The minimum absolute atomic E-state index is 0.0254. The Morgan fingerprint density at radius 3 is 2.57 bits per heavy atom. The van der Waals surface area contributed by atoms with Gasteiger partial charge in [0, 0.05) is 16.5 Å². The molecule has 0 atom stereocenters. The molecule has 0 radical (unpaired) electrons. The molecule has 28 heavy (non-hydrogen) atoms. The molecule has 0 aliphatic rings. The maximum absolute atomic E-state index is 11.9. The van der Waals surface area contributed by atoms with Crippen LogP contribution in [-0.2, 0) is 16.1 Å². The van der Waals surface area contributed by atoms with Gasteiger partial charge < -0.3 is 14.2 Å². The fourth-order valence-electron chi connectivity index (χ4n) is 2.39. The average Bonchev–Trinajstić information content (AvgIpc) is 3.20. The maximum Gasteiger partial charge on any atom is 0.344 e. The summed E-state index contributed by atoms with van der Waals surface area (Å²) in [6, 6.07) is 14.2. The Morgan fingerprint density at radius 2 is 1.86 bits per heavy atom. The average molecular weight is 397 g/mol. The lowest BCUT2D eigenvalue weighted by Gasteiger charge is -2.06. The lowest BCUT2D eigenvalue weighted by molar-refractivity contribution is -0.147. The number of aromatic nitrogens is 1. The summed E-state index contributed by atoms with van der Waals surface area (Å²) in [4.78, 5) is 27.6. The van der Waals surface area contributed by atoms with Gasteiger partial charge in [0.05, 0.1) is 12.8 Å². The number of rotatable bonds is 8. The number of ketones is 1. The van der Waals surface area contributed by atoms with E-state index in [1.54, 1.807) is 31.4 Å². The van der Waals surface area contributed by atoms with Gasteiger partial charge in [0.25, 0.3) is 0 Å². The molecule has 1 heterocycles. The van der Waals surface area contributed by atoms with Crippen molar-refractivity contribution in [2.45, 2.75) is 13.5 Å². The van der Waals surface area contributed by atoms with Crippen LogP contribution in [0, 0.1) is 0 Å². The molecule has 0 aliphatic carbocycles. The molecule has 6 nitrogen and oxygen atoms in total. The van der Waals surface area contributed by atoms with Crippen LogP contribution in [0.15, 0.2) is 53.9 Å². The number of hydrogen-bond donors (Lipinski definition) is 0. The van der Waals surface area contributed by atoms with Crippen molar-refractivity contribution >= 4 is 23.1 Å². The summed E-state index contributed by atoms with van der Waals surface area (Å²) < 4.78 is 15.8. The third kappa shape index (κ3) is 5.17. The van der Waals surface area contributed by atoms with E-state index >= 15 is 0 Å². The quantitative estimate of drug-likeness (QED) is 0.420. The zero-order valence-electron chi connectivity index (χ0n) is 15.5. The lowest BCUT2D eigenvalue weighted by atomic mass is 10.1. The number of benzene rings is 2. The van der Waals surface area contributed by atoms with Crippen molar-refractivity contribution in [1.82, 2.24) is 4.98 Å². The molecule has 0 saturated carbocycles. The summed E-state index contributed by atoms with van der Waals surface area (Å²) in [5, 5.41) is 2.68. The highest BCUT2D eigenvalue weighted by molar-refractivity contribution is 7.13. The van der Waals surface area contributed by atoms with Crippen LogP contribution in [0.3, 0.4) is 0 Å². The van der Waals surface area contributed by atoms with Gasteiger partial charge in [-0.25, -0.2) is 9.78 Å². The van der Waals surface area contributed by atoms with Gasteiger partial charge in [-0.1, -0.05) is 12.1 Å². The minimum atomic E-state index is -0.494. The van der Waals surface area contributed by atoms with Crippen LogP contribution in [0.4, 0.5) is 0 Å². The molecule has 144 valence electrons. The largest absolute Gasteiger partial charge is 0.497 e. The van der Waals surface area contributed by atoms with E-state index in [-0.39, 0.29) is 19.0 Å². The van der Waals surface area contributed by atoms with Gasteiger partial charge in [0.2, 0.25) is 0 Å². The fourth-order valence-corrected chi connectivity index (χ4v) is 3.19. The van der Waals surface area contributed by atoms with Gasteiger partial charge in [-0.3, -0.25) is 4.79 Å². The predicted molar refractivity (Wildman–Crippen MR) is 106 cm³/mol. The molecule has 0 saturated heterocycles. The van der Waals surface area contributed by atoms with E-state index in [0.29, 0.717) is 17.0 Å². The Labute approximate surface area is 166 Å². The molecule has 0 aliphatic heterocycles. The highest BCUT2D eigenvalue weighted by Crippen LogP contribution is 2.27. The van der Waals surface area contributed by atoms with E-state index in [9.17, 15) is 9.59 Å². The van der Waals surface area contributed by atoms with Crippen LogP contribution in [0.5, 0.6) is 11.5 Å². The van der Waals surface area contributed by atoms with Crippen molar-refractivity contribution in [2.75, 3.05) is 13.7 Å². The summed E-state index contributed by atoms with van der Waals surface area (Å²) in [6.45, 7) is 1.35. The van der Waals surface area contributed by atoms with Crippen LogP contribution < -0.4 is 9.47 Å². The van der Waals surface area contributed by atoms with Gasteiger partial charge >= 0.3 is 5.97 Å². The van der Waals surface area contributed by atoms with Crippen molar-refractivity contribution in [2.24, 2.45) is 0 Å². The Morgan fingerprint density at radius 1 is 1.07 bits per heavy atom. The first-order valence-corrected chi connectivity index (χ1v) is 9.41. The van der Waals surface area contributed by atoms with Gasteiger partial charge in [-0.05, 0) is 43.3 Å². The molecule has 7 heteroatoms. The Balaban J connectivity index is 1.49. The second-order valence-corrected chi connectivity index (χ2v) is 6.76. The third-order valence-corrected chi connectivity index (χ3v) is 4.81. The Bertz CT molecular complexity index is 965. The molecule has 3 aromatic rings. The van der Waals surface area contributed by atoms with Crippen LogP contribution in [0.1, 0.15) is 23.0 Å². The lowest BCUT2D eigenvalue weighted by Crippen LogP contribution is -2.14. The number of Topliss-reactive ketones (excluding diaryl/α,β-unsaturated/α-hetero) is 1.